The summed E-state index contributed by atoms with van der Waals surface area (Å²) in [5.74, 6) is -0.0198. The molecule has 1 N–H and O–H groups in total. The largest absolute Gasteiger partial charge is 0.506 e. The molecule has 12 heavy (non-hydrogen) atoms. The normalized spacial score (nSPS) is 9.42. The highest BCUT2D eigenvalue weighted by molar-refractivity contribution is 5.65. The van der Waals surface area contributed by atoms with Crippen LogP contribution in [0, 0.1) is 6.92 Å². The molecule has 2 nitrogen and oxygen atoms in total. The quantitative estimate of drug-likeness (QED) is 0.676. The molecule has 1 aromatic heterocycles. The van der Waals surface area contributed by atoms with Gasteiger partial charge in [0.2, 0.25) is 0 Å². The first-order valence-electron chi connectivity index (χ1n) is 3.63. The molecule has 1 aromatic rings. The molecule has 0 aliphatic rings. The van der Waals surface area contributed by atoms with Gasteiger partial charge in [-0.05, 0) is 13.0 Å². The summed E-state index contributed by atoms with van der Waals surface area (Å²) in [6.07, 6.45) is 1.64. The van der Waals surface area contributed by atoms with E-state index in [2.05, 4.69) is 18.1 Å². The fourth-order valence-corrected chi connectivity index (χ4v) is 0.963. The Morgan fingerprint density at radius 2 is 2.25 bits per heavy atom. The van der Waals surface area contributed by atoms with E-state index in [4.69, 9.17) is 5.11 Å². The molecule has 0 unspecified atom stereocenters. The summed E-state index contributed by atoms with van der Waals surface area (Å²) in [5.41, 5.74) is 2.16. The Kier molecular flexibility index (Phi) is 2.29. The van der Waals surface area contributed by atoms with E-state index in [-0.39, 0.29) is 5.76 Å². The Balaban J connectivity index is 3.30. The van der Waals surface area contributed by atoms with Crippen molar-refractivity contribution < 1.29 is 5.11 Å². The smallest absolute Gasteiger partial charge is 0.134 e. The number of pyridine rings is 1. The third-order valence-corrected chi connectivity index (χ3v) is 1.56. The van der Waals surface area contributed by atoms with Crippen LogP contribution >= 0.6 is 0 Å². The van der Waals surface area contributed by atoms with Crippen LogP contribution in [0.25, 0.3) is 11.8 Å². The highest BCUT2D eigenvalue weighted by Crippen LogP contribution is 2.14. The Hall–Kier alpha value is -1.57. The fourth-order valence-electron chi connectivity index (χ4n) is 0.963. The van der Waals surface area contributed by atoms with E-state index in [1.54, 1.807) is 6.08 Å². The minimum Gasteiger partial charge on any atom is -0.506 e. The fraction of sp³-hybridized carbons (Fsp3) is 0.100. The van der Waals surface area contributed by atoms with Crippen molar-refractivity contribution in [3.8, 4) is 0 Å². The van der Waals surface area contributed by atoms with Crippen molar-refractivity contribution in [1.82, 2.24) is 4.98 Å². The summed E-state index contributed by atoms with van der Waals surface area (Å²) < 4.78 is 0. The lowest BCUT2D eigenvalue weighted by atomic mass is 10.1. The lowest BCUT2D eigenvalue weighted by Crippen LogP contribution is -1.93. The maximum Gasteiger partial charge on any atom is 0.134 e. The molecule has 2 heteroatoms. The first-order chi connectivity index (χ1) is 5.65. The van der Waals surface area contributed by atoms with Crippen molar-refractivity contribution in [2.24, 2.45) is 0 Å². The van der Waals surface area contributed by atoms with Gasteiger partial charge in [-0.3, -0.25) is 0 Å². The molecule has 0 saturated carbocycles. The van der Waals surface area contributed by atoms with Gasteiger partial charge in [0.1, 0.15) is 11.5 Å². The molecule has 1 heterocycles. The lowest BCUT2D eigenvalue weighted by molar-refractivity contribution is 0.510. The van der Waals surface area contributed by atoms with Gasteiger partial charge in [-0.15, -0.1) is 0 Å². The topological polar surface area (TPSA) is 33.1 Å². The number of hydrogen-bond acceptors (Lipinski definition) is 2. The van der Waals surface area contributed by atoms with Crippen LogP contribution in [0.3, 0.4) is 0 Å². The molecule has 0 atom stereocenters. The zero-order chi connectivity index (χ0) is 9.14. The third-order valence-electron chi connectivity index (χ3n) is 1.56. The van der Waals surface area contributed by atoms with Gasteiger partial charge in [0.15, 0.2) is 0 Å². The van der Waals surface area contributed by atoms with E-state index in [0.717, 1.165) is 11.3 Å². The van der Waals surface area contributed by atoms with Gasteiger partial charge in [0.05, 0.1) is 0 Å². The van der Waals surface area contributed by atoms with E-state index >= 15 is 0 Å². The van der Waals surface area contributed by atoms with Gasteiger partial charge in [0.25, 0.3) is 0 Å². The van der Waals surface area contributed by atoms with Crippen LogP contribution in [-0.4, -0.2) is 10.1 Å². The maximum atomic E-state index is 9.16. The average molecular weight is 161 g/mol. The van der Waals surface area contributed by atoms with Crippen molar-refractivity contribution in [3.63, 3.8) is 0 Å². The van der Waals surface area contributed by atoms with Crippen molar-refractivity contribution in [1.29, 1.82) is 0 Å². The first kappa shape index (κ1) is 8.53. The monoisotopic (exact) mass is 161 g/mol. The molecule has 0 bridgehead atoms. The Morgan fingerprint density at radius 1 is 1.58 bits per heavy atom. The van der Waals surface area contributed by atoms with Crippen molar-refractivity contribution in [2.45, 2.75) is 6.92 Å². The average Bonchev–Trinajstić information content (AvgIpc) is 2.04. The van der Waals surface area contributed by atoms with Crippen LogP contribution in [0.2, 0.25) is 0 Å². The molecule has 0 aromatic carbocycles. The van der Waals surface area contributed by atoms with E-state index < -0.39 is 0 Å². The van der Waals surface area contributed by atoms with Gasteiger partial charge in [-0.1, -0.05) is 25.3 Å². The summed E-state index contributed by atoms with van der Waals surface area (Å²) in [7, 11) is 0. The number of hydrogen-bond donors (Lipinski definition) is 1. The molecule has 62 valence electrons. The zero-order valence-corrected chi connectivity index (χ0v) is 7.04. The van der Waals surface area contributed by atoms with Crippen LogP contribution in [0.15, 0.2) is 25.3 Å². The van der Waals surface area contributed by atoms with Crippen LogP contribution in [-0.2, 0) is 0 Å². The summed E-state index contributed by atoms with van der Waals surface area (Å²) in [4.78, 5) is 4.12. The molecule has 0 aliphatic heterocycles. The van der Waals surface area contributed by atoms with Crippen LogP contribution in [0.5, 0.6) is 0 Å². The molecule has 0 radical (unpaired) electrons. The second kappa shape index (κ2) is 3.22. The minimum absolute atomic E-state index is 0.0198. The Morgan fingerprint density at radius 3 is 2.75 bits per heavy atom. The van der Waals surface area contributed by atoms with Gasteiger partial charge >= 0.3 is 0 Å². The SMILES string of the molecule is C=Cc1ccc(C)nc1C(=C)O. The van der Waals surface area contributed by atoms with E-state index in [1.807, 2.05) is 19.1 Å². The first-order valence-corrected chi connectivity index (χ1v) is 3.63. The molecular formula is C10H11NO. The number of aryl methyl sites for hydroxylation is 1. The number of nitrogens with zero attached hydrogens (tertiary/aromatic N) is 1. The molecule has 1 rings (SSSR count). The highest BCUT2D eigenvalue weighted by Gasteiger charge is 2.03. The molecule has 0 spiro atoms. The van der Waals surface area contributed by atoms with Crippen molar-refractivity contribution in [3.05, 3.63) is 42.2 Å². The summed E-state index contributed by atoms with van der Waals surface area (Å²) in [5, 5.41) is 9.16. The van der Waals surface area contributed by atoms with Crippen LogP contribution in [0.4, 0.5) is 0 Å². The van der Waals surface area contributed by atoms with Crippen LogP contribution < -0.4 is 0 Å². The summed E-state index contributed by atoms with van der Waals surface area (Å²) >= 11 is 0. The molecule has 0 amide bonds. The highest BCUT2D eigenvalue weighted by atomic mass is 16.3. The van der Waals surface area contributed by atoms with E-state index in [9.17, 15) is 0 Å². The van der Waals surface area contributed by atoms with Gasteiger partial charge in [-0.25, -0.2) is 4.98 Å². The second-order valence-corrected chi connectivity index (χ2v) is 2.54. The number of aromatic nitrogens is 1. The van der Waals surface area contributed by atoms with Crippen LogP contribution in [0.1, 0.15) is 17.0 Å². The van der Waals surface area contributed by atoms with Crippen molar-refractivity contribution >= 4 is 11.8 Å². The number of aliphatic hydroxyl groups is 1. The summed E-state index contributed by atoms with van der Waals surface area (Å²) in [6, 6.07) is 3.72. The molecular weight excluding hydrogens is 150 g/mol. The zero-order valence-electron chi connectivity index (χ0n) is 7.04. The molecule has 0 saturated heterocycles. The number of rotatable bonds is 2. The molecule has 0 fully saturated rings. The third kappa shape index (κ3) is 1.53. The van der Waals surface area contributed by atoms with Gasteiger partial charge < -0.3 is 5.11 Å². The molecule has 0 aliphatic carbocycles. The van der Waals surface area contributed by atoms with E-state index in [1.165, 1.54) is 0 Å². The predicted octanol–water partition coefficient (Wildman–Crippen LogP) is 2.56. The summed E-state index contributed by atoms with van der Waals surface area (Å²) in [6.45, 7) is 8.89. The lowest BCUT2D eigenvalue weighted by Gasteiger charge is -2.03. The van der Waals surface area contributed by atoms with E-state index in [0.29, 0.717) is 5.69 Å². The van der Waals surface area contributed by atoms with Gasteiger partial charge in [0, 0.05) is 11.3 Å². The standard InChI is InChI=1S/C10H11NO/c1-4-9-6-5-7(2)11-10(9)8(3)12/h4-6,12H,1,3H2,2H3. The van der Waals surface area contributed by atoms with Crippen molar-refractivity contribution in [2.75, 3.05) is 0 Å². The minimum atomic E-state index is -0.0198. The maximum absolute atomic E-state index is 9.16. The second-order valence-electron chi connectivity index (χ2n) is 2.54. The predicted molar refractivity (Wildman–Crippen MR) is 50.7 cm³/mol. The number of aliphatic hydroxyl groups excluding tert-OH is 1. The Labute approximate surface area is 71.9 Å². The Bertz CT molecular complexity index is 329. The van der Waals surface area contributed by atoms with Gasteiger partial charge in [-0.2, -0.15) is 0 Å².